The topological polar surface area (TPSA) is 92.8 Å². The minimum atomic E-state index is -3.86. The largest absolute Gasteiger partial charge is 0.454 e. The summed E-state index contributed by atoms with van der Waals surface area (Å²) < 4.78 is 32.5. The van der Waals surface area contributed by atoms with E-state index in [4.69, 9.17) is 4.74 Å². The first-order valence-electron chi connectivity index (χ1n) is 9.33. The van der Waals surface area contributed by atoms with Crippen LogP contribution >= 0.6 is 0 Å². The van der Waals surface area contributed by atoms with Crippen molar-refractivity contribution in [3.8, 4) is 0 Å². The van der Waals surface area contributed by atoms with E-state index in [2.05, 4.69) is 4.72 Å². The second-order valence-electron chi connectivity index (χ2n) is 7.06. The lowest BCUT2D eigenvalue weighted by atomic mass is 10.1. The number of likely N-dealkylation sites (tertiary alicyclic amines) is 1. The Morgan fingerprint density at radius 2 is 1.67 bits per heavy atom. The van der Waals surface area contributed by atoms with E-state index in [1.54, 1.807) is 36.9 Å². The summed E-state index contributed by atoms with van der Waals surface area (Å²) in [5, 5.41) is 0. The number of rotatable bonds is 7. The highest BCUT2D eigenvalue weighted by Crippen LogP contribution is 2.13. The van der Waals surface area contributed by atoms with Gasteiger partial charge in [-0.05, 0) is 30.9 Å². The molecule has 0 saturated carbocycles. The van der Waals surface area contributed by atoms with Crippen LogP contribution in [0, 0.1) is 5.92 Å². The maximum Gasteiger partial charge on any atom is 0.324 e. The number of hydrogen-bond acceptors (Lipinski definition) is 5. The molecule has 2 rings (SSSR count). The van der Waals surface area contributed by atoms with Crippen LogP contribution < -0.4 is 4.72 Å². The van der Waals surface area contributed by atoms with Crippen LogP contribution in [0.5, 0.6) is 0 Å². The average molecular weight is 397 g/mol. The zero-order valence-electron chi connectivity index (χ0n) is 15.9. The molecule has 1 atom stereocenters. The first-order chi connectivity index (χ1) is 12.8. The summed E-state index contributed by atoms with van der Waals surface area (Å²) in [7, 11) is -3.86. The van der Waals surface area contributed by atoms with E-state index >= 15 is 0 Å². The van der Waals surface area contributed by atoms with Crippen molar-refractivity contribution >= 4 is 21.9 Å². The number of esters is 1. The molecule has 1 N–H and O–H groups in total. The predicted octanol–water partition coefficient (Wildman–Crippen LogP) is 1.94. The van der Waals surface area contributed by atoms with Gasteiger partial charge in [0.25, 0.3) is 5.91 Å². The third kappa shape index (κ3) is 6.32. The van der Waals surface area contributed by atoms with Crippen molar-refractivity contribution in [2.75, 3.05) is 19.7 Å². The molecule has 1 aromatic rings. The fourth-order valence-corrected chi connectivity index (χ4v) is 4.28. The van der Waals surface area contributed by atoms with Crippen LogP contribution in [0.1, 0.15) is 39.5 Å². The highest BCUT2D eigenvalue weighted by molar-refractivity contribution is 7.89. The third-order valence-electron chi connectivity index (χ3n) is 4.55. The number of hydrogen-bond donors (Lipinski definition) is 1. The summed E-state index contributed by atoms with van der Waals surface area (Å²) in [4.78, 5) is 26.5. The zero-order valence-corrected chi connectivity index (χ0v) is 16.7. The van der Waals surface area contributed by atoms with Crippen molar-refractivity contribution in [2.45, 2.75) is 50.5 Å². The Balaban J connectivity index is 1.97. The minimum absolute atomic E-state index is 0.0732. The van der Waals surface area contributed by atoms with Gasteiger partial charge in [0.05, 0.1) is 4.90 Å². The molecule has 1 aliphatic rings. The number of sulfonamides is 1. The molecule has 1 fully saturated rings. The van der Waals surface area contributed by atoms with Crippen molar-refractivity contribution < 1.29 is 22.7 Å². The Morgan fingerprint density at radius 1 is 1.07 bits per heavy atom. The number of nitrogens with zero attached hydrogens (tertiary/aromatic N) is 1. The lowest BCUT2D eigenvalue weighted by Crippen LogP contribution is -2.46. The summed E-state index contributed by atoms with van der Waals surface area (Å²) in [6.07, 6.45) is 4.09. The van der Waals surface area contributed by atoms with Gasteiger partial charge < -0.3 is 9.64 Å². The van der Waals surface area contributed by atoms with Gasteiger partial charge >= 0.3 is 5.97 Å². The summed E-state index contributed by atoms with van der Waals surface area (Å²) in [6.45, 7) is 4.41. The molecule has 1 aliphatic heterocycles. The molecular formula is C19H28N2O5S. The van der Waals surface area contributed by atoms with Crippen LogP contribution in [0.4, 0.5) is 0 Å². The van der Waals surface area contributed by atoms with E-state index < -0.39 is 22.0 Å². The number of ether oxygens (including phenoxy) is 1. The summed E-state index contributed by atoms with van der Waals surface area (Å²) in [5.74, 6) is -1.31. The fraction of sp³-hybridized carbons (Fsp3) is 0.579. The van der Waals surface area contributed by atoms with Gasteiger partial charge in [-0.3, -0.25) is 9.59 Å². The second-order valence-corrected chi connectivity index (χ2v) is 8.77. The Morgan fingerprint density at radius 3 is 2.22 bits per heavy atom. The van der Waals surface area contributed by atoms with Gasteiger partial charge in [0.2, 0.25) is 10.0 Å². The lowest BCUT2D eigenvalue weighted by molar-refractivity contribution is -0.154. The normalized spacial score (nSPS) is 16.6. The van der Waals surface area contributed by atoms with Gasteiger partial charge in [-0.1, -0.05) is 44.9 Å². The quantitative estimate of drug-likeness (QED) is 0.711. The molecule has 1 amide bonds. The predicted molar refractivity (Wildman–Crippen MR) is 101 cm³/mol. The Labute approximate surface area is 161 Å². The van der Waals surface area contributed by atoms with E-state index in [0.29, 0.717) is 13.1 Å². The van der Waals surface area contributed by atoms with Crippen molar-refractivity contribution in [3.63, 3.8) is 0 Å². The highest BCUT2D eigenvalue weighted by atomic mass is 32.2. The second kappa shape index (κ2) is 9.85. The first kappa shape index (κ1) is 21.4. The number of benzene rings is 1. The van der Waals surface area contributed by atoms with E-state index in [-0.39, 0.29) is 23.3 Å². The zero-order chi connectivity index (χ0) is 19.9. The van der Waals surface area contributed by atoms with Crippen molar-refractivity contribution in [2.24, 2.45) is 5.92 Å². The van der Waals surface area contributed by atoms with E-state index in [0.717, 1.165) is 25.7 Å². The number of nitrogens with one attached hydrogen (secondary N) is 1. The summed E-state index contributed by atoms with van der Waals surface area (Å²) >= 11 is 0. The van der Waals surface area contributed by atoms with Crippen LogP contribution in [0.3, 0.4) is 0 Å². The number of carbonyl (C=O) groups is 2. The number of amides is 1. The molecule has 8 heteroatoms. The molecule has 1 aromatic carbocycles. The van der Waals surface area contributed by atoms with Crippen LogP contribution in [0.25, 0.3) is 0 Å². The SMILES string of the molecule is CC(C)[C@H](NS(=O)(=O)c1ccccc1)C(=O)OCC(=O)N1CCCCCC1. The number of carbonyl (C=O) groups excluding carboxylic acids is 2. The molecule has 0 aromatic heterocycles. The van der Waals surface area contributed by atoms with Crippen LogP contribution in [-0.2, 0) is 24.3 Å². The van der Waals surface area contributed by atoms with Gasteiger partial charge in [0.15, 0.2) is 6.61 Å². The highest BCUT2D eigenvalue weighted by Gasteiger charge is 2.30. The standard InChI is InChI=1S/C19H28N2O5S/c1-15(2)18(20-27(24,25)16-10-6-5-7-11-16)19(23)26-14-17(22)21-12-8-3-4-9-13-21/h5-7,10-11,15,18,20H,3-4,8-9,12-14H2,1-2H3/t18-/m0/s1. The molecule has 7 nitrogen and oxygen atoms in total. The molecule has 150 valence electrons. The molecule has 0 radical (unpaired) electrons. The summed E-state index contributed by atoms with van der Waals surface area (Å²) in [5.41, 5.74) is 0. The third-order valence-corrected chi connectivity index (χ3v) is 6.01. The Hall–Kier alpha value is -1.93. The maximum absolute atomic E-state index is 12.5. The summed E-state index contributed by atoms with van der Waals surface area (Å²) in [6, 6.07) is 6.77. The molecular weight excluding hydrogens is 368 g/mol. The molecule has 0 aliphatic carbocycles. The molecule has 27 heavy (non-hydrogen) atoms. The van der Waals surface area contributed by atoms with E-state index in [9.17, 15) is 18.0 Å². The van der Waals surface area contributed by atoms with Crippen LogP contribution in [0.15, 0.2) is 35.2 Å². The van der Waals surface area contributed by atoms with Crippen LogP contribution in [-0.4, -0.2) is 50.9 Å². The van der Waals surface area contributed by atoms with Gasteiger partial charge in [0.1, 0.15) is 6.04 Å². The fourth-order valence-electron chi connectivity index (χ4n) is 2.93. The van der Waals surface area contributed by atoms with Gasteiger partial charge in [-0.25, -0.2) is 8.42 Å². The molecule has 0 bridgehead atoms. The van der Waals surface area contributed by atoms with Crippen molar-refractivity contribution in [1.29, 1.82) is 0 Å². The average Bonchev–Trinajstić information content (AvgIpc) is 2.94. The van der Waals surface area contributed by atoms with E-state index in [1.165, 1.54) is 12.1 Å². The van der Waals surface area contributed by atoms with Crippen LogP contribution in [0.2, 0.25) is 0 Å². The van der Waals surface area contributed by atoms with Crippen molar-refractivity contribution in [3.05, 3.63) is 30.3 Å². The van der Waals surface area contributed by atoms with Crippen molar-refractivity contribution in [1.82, 2.24) is 9.62 Å². The molecule has 1 heterocycles. The van der Waals surface area contributed by atoms with Gasteiger partial charge in [-0.2, -0.15) is 4.72 Å². The lowest BCUT2D eigenvalue weighted by Gasteiger charge is -2.23. The Kier molecular flexibility index (Phi) is 7.79. The monoisotopic (exact) mass is 396 g/mol. The smallest absolute Gasteiger partial charge is 0.324 e. The first-order valence-corrected chi connectivity index (χ1v) is 10.8. The minimum Gasteiger partial charge on any atom is -0.454 e. The van der Waals surface area contributed by atoms with E-state index in [1.807, 2.05) is 0 Å². The molecule has 0 spiro atoms. The molecule has 1 saturated heterocycles. The molecule has 0 unspecified atom stereocenters. The Bertz CT molecular complexity index is 726. The van der Waals surface area contributed by atoms with Gasteiger partial charge in [-0.15, -0.1) is 0 Å². The van der Waals surface area contributed by atoms with Gasteiger partial charge in [0, 0.05) is 13.1 Å². The maximum atomic E-state index is 12.5.